The van der Waals surface area contributed by atoms with Crippen molar-refractivity contribution in [2.75, 3.05) is 7.11 Å². The number of hydrogen-bond donors (Lipinski definition) is 1. The molecule has 4 rings (SSSR count). The van der Waals surface area contributed by atoms with Gasteiger partial charge in [-0.3, -0.25) is 9.78 Å². The van der Waals surface area contributed by atoms with E-state index in [1.54, 1.807) is 62.0 Å². The lowest BCUT2D eigenvalue weighted by Gasteiger charge is -2.23. The van der Waals surface area contributed by atoms with Gasteiger partial charge in [-0.25, -0.2) is 8.42 Å². The standard InChI is InChI=1S/C23H20ClN3O4S/c1-31-19-9-8-17-11-18(23(28)26-21(17)12-19)15-27(14-16-5-4-10-25-13-16)32(29,30)22-7-3-2-6-20(22)24/h2-13H,14-15H2,1H3,(H,26,28). The summed E-state index contributed by atoms with van der Waals surface area (Å²) in [5, 5.41) is 0.875. The molecule has 0 saturated heterocycles. The van der Waals surface area contributed by atoms with Gasteiger partial charge in [-0.15, -0.1) is 0 Å². The molecular formula is C23H20ClN3O4S. The van der Waals surface area contributed by atoms with Crippen LogP contribution in [-0.2, 0) is 23.1 Å². The zero-order chi connectivity index (χ0) is 22.7. The molecule has 0 bridgehead atoms. The number of rotatable bonds is 7. The molecular weight excluding hydrogens is 450 g/mol. The third-order valence-corrected chi connectivity index (χ3v) is 7.30. The first-order valence-corrected chi connectivity index (χ1v) is 11.5. The molecule has 0 saturated carbocycles. The van der Waals surface area contributed by atoms with Crippen molar-refractivity contribution in [3.8, 4) is 5.75 Å². The van der Waals surface area contributed by atoms with Crippen molar-refractivity contribution in [2.45, 2.75) is 18.0 Å². The summed E-state index contributed by atoms with van der Waals surface area (Å²) in [6, 6.07) is 16.7. The molecule has 2 aromatic heterocycles. The lowest BCUT2D eigenvalue weighted by atomic mass is 10.1. The van der Waals surface area contributed by atoms with E-state index in [9.17, 15) is 13.2 Å². The molecule has 1 N–H and O–H groups in total. The van der Waals surface area contributed by atoms with Crippen molar-refractivity contribution >= 4 is 32.5 Å². The summed E-state index contributed by atoms with van der Waals surface area (Å²) < 4.78 is 33.5. The molecule has 0 fully saturated rings. The van der Waals surface area contributed by atoms with Crippen molar-refractivity contribution in [3.05, 3.63) is 99.6 Å². The molecule has 0 aliphatic heterocycles. The molecule has 0 amide bonds. The zero-order valence-corrected chi connectivity index (χ0v) is 18.7. The number of nitrogens with one attached hydrogen (secondary N) is 1. The van der Waals surface area contributed by atoms with Gasteiger partial charge in [0, 0.05) is 37.1 Å². The summed E-state index contributed by atoms with van der Waals surface area (Å²) >= 11 is 6.20. The minimum absolute atomic E-state index is 0.0208. The minimum atomic E-state index is -4.01. The van der Waals surface area contributed by atoms with Gasteiger partial charge in [0.25, 0.3) is 5.56 Å². The molecule has 7 nitrogen and oxygen atoms in total. The number of hydrogen-bond acceptors (Lipinski definition) is 5. The van der Waals surface area contributed by atoms with Crippen LogP contribution in [0.4, 0.5) is 0 Å². The van der Waals surface area contributed by atoms with Crippen LogP contribution in [0.2, 0.25) is 5.02 Å². The molecule has 4 aromatic rings. The first kappa shape index (κ1) is 22.0. The third-order valence-electron chi connectivity index (χ3n) is 5.01. The summed E-state index contributed by atoms with van der Waals surface area (Å²) in [5.74, 6) is 0.611. The van der Waals surface area contributed by atoms with E-state index >= 15 is 0 Å². The maximum atomic E-state index is 13.5. The summed E-state index contributed by atoms with van der Waals surface area (Å²) in [6.45, 7) is -0.110. The van der Waals surface area contributed by atoms with Crippen molar-refractivity contribution in [1.29, 1.82) is 0 Å². The Bertz CT molecular complexity index is 1420. The average molecular weight is 470 g/mol. The second-order valence-electron chi connectivity index (χ2n) is 7.14. The number of sulfonamides is 1. The number of ether oxygens (including phenoxy) is 1. The summed E-state index contributed by atoms with van der Waals surface area (Å²) in [6.07, 6.45) is 3.20. The molecule has 0 spiro atoms. The number of aromatic nitrogens is 2. The van der Waals surface area contributed by atoms with Gasteiger partial charge in [0.1, 0.15) is 10.6 Å². The highest BCUT2D eigenvalue weighted by Gasteiger charge is 2.28. The van der Waals surface area contributed by atoms with Gasteiger partial charge in [0.15, 0.2) is 0 Å². The third kappa shape index (κ3) is 4.52. The number of aromatic amines is 1. The van der Waals surface area contributed by atoms with Crippen LogP contribution in [0.5, 0.6) is 5.75 Å². The van der Waals surface area contributed by atoms with Crippen LogP contribution in [-0.4, -0.2) is 29.8 Å². The zero-order valence-electron chi connectivity index (χ0n) is 17.2. The molecule has 0 aliphatic rings. The quantitative estimate of drug-likeness (QED) is 0.442. The number of halogens is 1. The summed E-state index contributed by atoms with van der Waals surface area (Å²) in [4.78, 5) is 19.6. The average Bonchev–Trinajstić information content (AvgIpc) is 2.79. The Labute approximate surface area is 190 Å². The van der Waals surface area contributed by atoms with Gasteiger partial charge in [0.2, 0.25) is 10.0 Å². The van der Waals surface area contributed by atoms with Gasteiger partial charge >= 0.3 is 0 Å². The number of pyridine rings is 2. The van der Waals surface area contributed by atoms with Crippen LogP contribution in [0.25, 0.3) is 10.9 Å². The second kappa shape index (κ2) is 9.12. The monoisotopic (exact) mass is 469 g/mol. The van der Waals surface area contributed by atoms with E-state index in [1.807, 2.05) is 6.07 Å². The van der Waals surface area contributed by atoms with E-state index in [-0.39, 0.29) is 28.6 Å². The van der Waals surface area contributed by atoms with E-state index in [0.717, 1.165) is 5.39 Å². The molecule has 0 radical (unpaired) electrons. The number of benzene rings is 2. The Morgan fingerprint density at radius 2 is 1.88 bits per heavy atom. The highest BCUT2D eigenvalue weighted by Crippen LogP contribution is 2.27. The molecule has 2 aromatic carbocycles. The first-order chi connectivity index (χ1) is 15.4. The van der Waals surface area contributed by atoms with E-state index < -0.39 is 10.0 Å². The van der Waals surface area contributed by atoms with Crippen LogP contribution in [0.1, 0.15) is 11.1 Å². The maximum absolute atomic E-state index is 13.5. The first-order valence-electron chi connectivity index (χ1n) is 9.72. The van der Waals surface area contributed by atoms with Crippen LogP contribution >= 0.6 is 11.6 Å². The number of fused-ring (bicyclic) bond motifs is 1. The predicted molar refractivity (Wildman–Crippen MR) is 123 cm³/mol. The molecule has 9 heteroatoms. The fourth-order valence-corrected chi connectivity index (χ4v) is 5.27. The number of methoxy groups -OCH3 is 1. The normalized spacial score (nSPS) is 11.7. The molecule has 2 heterocycles. The van der Waals surface area contributed by atoms with Crippen molar-refractivity contribution in [1.82, 2.24) is 14.3 Å². The Balaban J connectivity index is 1.78. The van der Waals surface area contributed by atoms with E-state index in [1.165, 1.54) is 16.4 Å². The van der Waals surface area contributed by atoms with Gasteiger partial charge < -0.3 is 9.72 Å². The molecule has 0 aliphatic carbocycles. The van der Waals surface area contributed by atoms with Crippen molar-refractivity contribution in [2.24, 2.45) is 0 Å². The topological polar surface area (TPSA) is 92.4 Å². The number of nitrogens with zero attached hydrogens (tertiary/aromatic N) is 2. The maximum Gasteiger partial charge on any atom is 0.252 e. The van der Waals surface area contributed by atoms with E-state index in [2.05, 4.69) is 9.97 Å². The molecule has 164 valence electrons. The fraction of sp³-hybridized carbons (Fsp3) is 0.130. The lowest BCUT2D eigenvalue weighted by molar-refractivity contribution is 0.399. The minimum Gasteiger partial charge on any atom is -0.497 e. The van der Waals surface area contributed by atoms with Gasteiger partial charge in [-0.1, -0.05) is 29.8 Å². The molecule has 0 unspecified atom stereocenters. The second-order valence-corrected chi connectivity index (χ2v) is 9.46. The van der Waals surface area contributed by atoms with E-state index in [0.29, 0.717) is 22.4 Å². The van der Waals surface area contributed by atoms with Crippen LogP contribution in [0.3, 0.4) is 0 Å². The summed E-state index contributed by atoms with van der Waals surface area (Å²) in [7, 11) is -2.46. The summed E-state index contributed by atoms with van der Waals surface area (Å²) in [5.41, 5.74) is 1.22. The molecule has 0 atom stereocenters. The SMILES string of the molecule is COc1ccc2cc(CN(Cc3cccnc3)S(=O)(=O)c3ccccc3Cl)c(=O)[nH]c2c1. The number of H-pyrrole nitrogens is 1. The largest absolute Gasteiger partial charge is 0.497 e. The van der Waals surface area contributed by atoms with Crippen molar-refractivity contribution in [3.63, 3.8) is 0 Å². The van der Waals surface area contributed by atoms with Gasteiger partial charge in [0.05, 0.1) is 17.6 Å². The smallest absolute Gasteiger partial charge is 0.252 e. The van der Waals surface area contributed by atoms with Crippen LogP contribution in [0.15, 0.2) is 82.7 Å². The highest BCUT2D eigenvalue weighted by molar-refractivity contribution is 7.89. The predicted octanol–water partition coefficient (Wildman–Crippen LogP) is 3.98. The lowest BCUT2D eigenvalue weighted by Crippen LogP contribution is -2.32. The Morgan fingerprint density at radius 1 is 1.06 bits per heavy atom. The Kier molecular flexibility index (Phi) is 6.27. The van der Waals surface area contributed by atoms with Gasteiger partial charge in [-0.05, 0) is 47.3 Å². The van der Waals surface area contributed by atoms with Crippen molar-refractivity contribution < 1.29 is 13.2 Å². The Hall–Kier alpha value is -3.20. The van der Waals surface area contributed by atoms with Crippen LogP contribution in [0, 0.1) is 0 Å². The van der Waals surface area contributed by atoms with Gasteiger partial charge in [-0.2, -0.15) is 4.31 Å². The fourth-order valence-electron chi connectivity index (χ4n) is 3.37. The van der Waals surface area contributed by atoms with Crippen LogP contribution < -0.4 is 10.3 Å². The highest BCUT2D eigenvalue weighted by atomic mass is 35.5. The molecule has 32 heavy (non-hydrogen) atoms. The van der Waals surface area contributed by atoms with E-state index in [4.69, 9.17) is 16.3 Å². The Morgan fingerprint density at radius 3 is 2.59 bits per heavy atom.